The third-order valence-electron chi connectivity index (χ3n) is 6.09. The monoisotopic (exact) mass is 431 g/mol. The summed E-state index contributed by atoms with van der Waals surface area (Å²) in [5.74, 6) is 1.45. The Kier molecular flexibility index (Phi) is 7.22. The van der Waals surface area contributed by atoms with Gasteiger partial charge < -0.3 is 15.1 Å². The van der Waals surface area contributed by atoms with E-state index in [2.05, 4.69) is 75.8 Å². The smallest absolute Gasteiger partial charge is 0.226 e. The van der Waals surface area contributed by atoms with Crippen LogP contribution in [0.3, 0.4) is 0 Å². The number of oxazole rings is 1. The van der Waals surface area contributed by atoms with Gasteiger partial charge in [-0.1, -0.05) is 42.0 Å². The maximum absolute atomic E-state index is 5.66. The van der Waals surface area contributed by atoms with Crippen molar-refractivity contribution in [1.82, 2.24) is 20.5 Å². The molecule has 4 rings (SSSR count). The van der Waals surface area contributed by atoms with Crippen molar-refractivity contribution in [1.29, 1.82) is 0 Å². The van der Waals surface area contributed by atoms with Crippen LogP contribution in [0.1, 0.15) is 35.2 Å². The quantitative estimate of drug-likeness (QED) is 0.450. The number of benzene rings is 2. The van der Waals surface area contributed by atoms with Crippen LogP contribution in [0, 0.1) is 13.8 Å². The van der Waals surface area contributed by atoms with Gasteiger partial charge >= 0.3 is 0 Å². The zero-order valence-corrected chi connectivity index (χ0v) is 19.3. The van der Waals surface area contributed by atoms with Crippen molar-refractivity contribution >= 4 is 5.96 Å². The molecule has 1 saturated heterocycles. The average molecular weight is 432 g/mol. The number of piperidine rings is 1. The summed E-state index contributed by atoms with van der Waals surface area (Å²) in [6.07, 6.45) is 3.92. The van der Waals surface area contributed by atoms with Gasteiger partial charge in [-0.2, -0.15) is 0 Å². The first-order valence-electron chi connectivity index (χ1n) is 11.4. The number of aromatic nitrogens is 1. The van der Waals surface area contributed by atoms with Crippen molar-refractivity contribution < 1.29 is 4.42 Å². The van der Waals surface area contributed by atoms with Crippen molar-refractivity contribution in [3.05, 3.63) is 77.2 Å². The lowest BCUT2D eigenvalue weighted by Gasteiger charge is -2.33. The minimum atomic E-state index is 0.426. The second-order valence-corrected chi connectivity index (χ2v) is 8.56. The number of guanidine groups is 1. The molecule has 2 N–H and O–H groups in total. The van der Waals surface area contributed by atoms with Crippen LogP contribution in [0.25, 0.3) is 11.5 Å². The zero-order chi connectivity index (χ0) is 22.3. The number of likely N-dealkylation sites (tertiary alicyclic amines) is 1. The molecule has 0 atom stereocenters. The molecule has 3 aromatic rings. The maximum Gasteiger partial charge on any atom is 0.226 e. The lowest BCUT2D eigenvalue weighted by atomic mass is 10.0. The largest absolute Gasteiger partial charge is 0.444 e. The third kappa shape index (κ3) is 5.77. The molecule has 2 aromatic carbocycles. The summed E-state index contributed by atoms with van der Waals surface area (Å²) >= 11 is 0. The Morgan fingerprint density at radius 2 is 1.84 bits per heavy atom. The van der Waals surface area contributed by atoms with Crippen molar-refractivity contribution in [2.45, 2.75) is 45.8 Å². The Hall–Kier alpha value is -3.12. The fourth-order valence-electron chi connectivity index (χ4n) is 4.04. The summed E-state index contributed by atoms with van der Waals surface area (Å²) in [6, 6.07) is 17.3. The second kappa shape index (κ2) is 10.5. The number of hydrogen-bond donors (Lipinski definition) is 2. The fourth-order valence-corrected chi connectivity index (χ4v) is 4.04. The van der Waals surface area contributed by atoms with Gasteiger partial charge in [-0.05, 0) is 49.9 Å². The summed E-state index contributed by atoms with van der Waals surface area (Å²) in [6.45, 7) is 8.04. The van der Waals surface area contributed by atoms with E-state index in [0.29, 0.717) is 18.5 Å². The Bertz CT molecular complexity index is 1030. The summed E-state index contributed by atoms with van der Waals surface area (Å²) in [7, 11) is 1.81. The maximum atomic E-state index is 5.66. The molecule has 168 valence electrons. The van der Waals surface area contributed by atoms with Crippen LogP contribution >= 0.6 is 0 Å². The van der Waals surface area contributed by atoms with Crippen LogP contribution in [0.4, 0.5) is 0 Å². The SMILES string of the molecule is CN=C(NCc1coc(-c2ccc(C)cc2)n1)NC1CCN(Cc2ccccc2C)CC1. The molecule has 32 heavy (non-hydrogen) atoms. The van der Waals surface area contributed by atoms with Gasteiger partial charge in [0.15, 0.2) is 5.96 Å². The van der Waals surface area contributed by atoms with Gasteiger partial charge in [0.05, 0.1) is 12.2 Å². The summed E-state index contributed by atoms with van der Waals surface area (Å²) in [5.41, 5.74) is 5.86. The number of nitrogens with one attached hydrogen (secondary N) is 2. The van der Waals surface area contributed by atoms with E-state index < -0.39 is 0 Å². The molecule has 0 spiro atoms. The average Bonchev–Trinajstić information content (AvgIpc) is 3.29. The van der Waals surface area contributed by atoms with E-state index in [1.165, 1.54) is 16.7 Å². The highest BCUT2D eigenvalue weighted by atomic mass is 16.3. The van der Waals surface area contributed by atoms with Crippen molar-refractivity contribution in [2.75, 3.05) is 20.1 Å². The molecule has 1 aromatic heterocycles. The molecule has 0 saturated carbocycles. The van der Waals surface area contributed by atoms with Crippen LogP contribution in [-0.2, 0) is 13.1 Å². The van der Waals surface area contributed by atoms with Crippen LogP contribution in [-0.4, -0.2) is 42.0 Å². The molecular formula is C26H33N5O. The summed E-state index contributed by atoms with van der Waals surface area (Å²) in [5, 5.41) is 6.94. The van der Waals surface area contributed by atoms with E-state index in [4.69, 9.17) is 4.42 Å². The lowest BCUT2D eigenvalue weighted by Crippen LogP contribution is -2.48. The van der Waals surface area contributed by atoms with Crippen LogP contribution < -0.4 is 10.6 Å². The molecule has 1 fully saturated rings. The fraction of sp³-hybridized carbons (Fsp3) is 0.385. The second-order valence-electron chi connectivity index (χ2n) is 8.56. The first-order chi connectivity index (χ1) is 15.6. The van der Waals surface area contributed by atoms with Gasteiger partial charge in [0.25, 0.3) is 0 Å². The normalized spacial score (nSPS) is 15.7. The molecule has 6 nitrogen and oxygen atoms in total. The number of aryl methyl sites for hydroxylation is 2. The van der Waals surface area contributed by atoms with Gasteiger partial charge in [-0.25, -0.2) is 4.98 Å². The molecule has 0 amide bonds. The first kappa shape index (κ1) is 22.1. The van der Waals surface area contributed by atoms with Gasteiger partial charge in [0, 0.05) is 38.3 Å². The molecular weight excluding hydrogens is 398 g/mol. The predicted molar refractivity (Wildman–Crippen MR) is 129 cm³/mol. The van der Waals surface area contributed by atoms with Crippen LogP contribution in [0.2, 0.25) is 0 Å². The predicted octanol–water partition coefficient (Wildman–Crippen LogP) is 4.29. The van der Waals surface area contributed by atoms with E-state index in [1.54, 1.807) is 6.26 Å². The zero-order valence-electron chi connectivity index (χ0n) is 19.3. The topological polar surface area (TPSA) is 65.7 Å². The van der Waals surface area contributed by atoms with Gasteiger partial charge in [-0.15, -0.1) is 0 Å². The van der Waals surface area contributed by atoms with Gasteiger partial charge in [0.2, 0.25) is 5.89 Å². The molecule has 0 aliphatic carbocycles. The minimum Gasteiger partial charge on any atom is -0.444 e. The Morgan fingerprint density at radius 3 is 2.56 bits per heavy atom. The molecule has 6 heteroatoms. The molecule has 1 aliphatic rings. The van der Waals surface area contributed by atoms with E-state index in [1.807, 2.05) is 19.2 Å². The highest BCUT2D eigenvalue weighted by Crippen LogP contribution is 2.19. The van der Waals surface area contributed by atoms with E-state index >= 15 is 0 Å². The highest BCUT2D eigenvalue weighted by molar-refractivity contribution is 5.79. The van der Waals surface area contributed by atoms with Crippen LogP contribution in [0.5, 0.6) is 0 Å². The summed E-state index contributed by atoms with van der Waals surface area (Å²) in [4.78, 5) is 11.5. The lowest BCUT2D eigenvalue weighted by molar-refractivity contribution is 0.198. The Labute approximate surface area is 190 Å². The number of aliphatic imine (C=N–C) groups is 1. The highest BCUT2D eigenvalue weighted by Gasteiger charge is 2.20. The molecule has 1 aliphatic heterocycles. The third-order valence-corrected chi connectivity index (χ3v) is 6.09. The summed E-state index contributed by atoms with van der Waals surface area (Å²) < 4.78 is 5.66. The molecule has 0 radical (unpaired) electrons. The van der Waals surface area contributed by atoms with Crippen molar-refractivity contribution in [3.63, 3.8) is 0 Å². The Morgan fingerprint density at radius 1 is 1.09 bits per heavy atom. The van der Waals surface area contributed by atoms with E-state index in [9.17, 15) is 0 Å². The number of nitrogens with zero attached hydrogens (tertiary/aromatic N) is 3. The first-order valence-corrected chi connectivity index (χ1v) is 11.4. The molecule has 2 heterocycles. The Balaban J connectivity index is 1.23. The van der Waals surface area contributed by atoms with Gasteiger partial charge in [-0.3, -0.25) is 9.89 Å². The van der Waals surface area contributed by atoms with Crippen molar-refractivity contribution in [3.8, 4) is 11.5 Å². The van der Waals surface area contributed by atoms with E-state index in [-0.39, 0.29) is 0 Å². The number of hydrogen-bond acceptors (Lipinski definition) is 4. The van der Waals surface area contributed by atoms with Crippen LogP contribution in [0.15, 0.2) is 64.2 Å². The standard InChI is InChI=1S/C26H33N5O/c1-19-8-10-21(11-9-19)25-29-24(18-32-25)16-28-26(27-3)30-23-12-14-31(15-13-23)17-22-7-5-4-6-20(22)2/h4-11,18,23H,12-17H2,1-3H3,(H2,27,28,30). The molecule has 0 bridgehead atoms. The van der Waals surface area contributed by atoms with Crippen molar-refractivity contribution in [2.24, 2.45) is 4.99 Å². The van der Waals surface area contributed by atoms with Gasteiger partial charge in [0.1, 0.15) is 6.26 Å². The van der Waals surface area contributed by atoms with E-state index in [0.717, 1.165) is 49.7 Å². The molecule has 0 unspecified atom stereocenters. The number of rotatable bonds is 6. The minimum absolute atomic E-state index is 0.426.